The summed E-state index contributed by atoms with van der Waals surface area (Å²) < 4.78 is 6.09. The van der Waals surface area contributed by atoms with Crippen LogP contribution in [0.25, 0.3) is 10.9 Å². The third-order valence-corrected chi connectivity index (χ3v) is 5.91. The van der Waals surface area contributed by atoms with E-state index in [4.69, 9.17) is 21.3 Å². The summed E-state index contributed by atoms with van der Waals surface area (Å²) in [5, 5.41) is 11.8. The first-order chi connectivity index (χ1) is 15.4. The van der Waals surface area contributed by atoms with Crippen LogP contribution >= 0.6 is 11.6 Å². The average molecular weight is 453 g/mol. The number of rotatable bonds is 5. The topological polar surface area (TPSA) is 98.0 Å². The van der Waals surface area contributed by atoms with Crippen LogP contribution in [0.15, 0.2) is 30.3 Å². The quantitative estimate of drug-likeness (QED) is 0.416. The molecule has 1 aliphatic heterocycles. The van der Waals surface area contributed by atoms with Crippen molar-refractivity contribution in [3.8, 4) is 11.8 Å². The fourth-order valence-electron chi connectivity index (χ4n) is 3.80. The van der Waals surface area contributed by atoms with Crippen molar-refractivity contribution in [2.24, 2.45) is 0 Å². The SMILES string of the molecule is Cc1cc(Nc2cc(N3CCN(C)CC3)nc(Oc3ccc4[nH]c(C)cc4c3Cl)n2)n[nH]1. The number of aromatic nitrogens is 5. The second-order valence-electron chi connectivity index (χ2n) is 8.14. The van der Waals surface area contributed by atoms with Crippen LogP contribution in [0.4, 0.5) is 17.5 Å². The number of likely N-dealkylation sites (N-methyl/N-ethyl adjacent to an activating group) is 1. The lowest BCUT2D eigenvalue weighted by molar-refractivity contribution is 0.311. The van der Waals surface area contributed by atoms with Crippen LogP contribution in [0.3, 0.4) is 0 Å². The van der Waals surface area contributed by atoms with Gasteiger partial charge in [-0.1, -0.05) is 11.6 Å². The Morgan fingerprint density at radius 1 is 1.00 bits per heavy atom. The van der Waals surface area contributed by atoms with Crippen LogP contribution in [0.1, 0.15) is 11.4 Å². The van der Waals surface area contributed by atoms with Gasteiger partial charge in [0.05, 0.1) is 5.02 Å². The van der Waals surface area contributed by atoms with E-state index in [0.29, 0.717) is 22.4 Å². The number of nitrogens with zero attached hydrogens (tertiary/aromatic N) is 5. The molecule has 0 aliphatic carbocycles. The Kier molecular flexibility index (Phi) is 5.36. The molecule has 0 unspecified atom stereocenters. The second kappa shape index (κ2) is 8.33. The predicted molar refractivity (Wildman–Crippen MR) is 126 cm³/mol. The minimum absolute atomic E-state index is 0.227. The maximum absolute atomic E-state index is 6.64. The van der Waals surface area contributed by atoms with Crippen molar-refractivity contribution in [2.45, 2.75) is 13.8 Å². The Balaban J connectivity index is 1.49. The number of hydrogen-bond acceptors (Lipinski definition) is 7. The highest BCUT2D eigenvalue weighted by Gasteiger charge is 2.19. The number of hydrogen-bond donors (Lipinski definition) is 3. The van der Waals surface area contributed by atoms with Gasteiger partial charge in [0.1, 0.15) is 17.4 Å². The normalized spacial score (nSPS) is 14.8. The zero-order valence-corrected chi connectivity index (χ0v) is 19.0. The molecule has 0 saturated carbocycles. The molecule has 3 N–H and O–H groups in total. The van der Waals surface area contributed by atoms with E-state index in [1.807, 2.05) is 44.2 Å². The number of benzene rings is 1. The molecule has 9 nitrogen and oxygen atoms in total. The summed E-state index contributed by atoms with van der Waals surface area (Å²) in [6, 6.07) is 9.83. The van der Waals surface area contributed by atoms with Crippen molar-refractivity contribution in [2.75, 3.05) is 43.4 Å². The van der Waals surface area contributed by atoms with Crippen molar-refractivity contribution in [1.82, 2.24) is 30.0 Å². The van der Waals surface area contributed by atoms with Gasteiger partial charge in [-0.25, -0.2) is 0 Å². The van der Waals surface area contributed by atoms with E-state index >= 15 is 0 Å². The molecule has 32 heavy (non-hydrogen) atoms. The molecule has 0 radical (unpaired) electrons. The number of fused-ring (bicyclic) bond motifs is 1. The van der Waals surface area contributed by atoms with Crippen molar-refractivity contribution in [1.29, 1.82) is 0 Å². The van der Waals surface area contributed by atoms with Crippen molar-refractivity contribution in [3.05, 3.63) is 46.7 Å². The first kappa shape index (κ1) is 20.6. The minimum Gasteiger partial charge on any atom is -0.423 e. The molecule has 1 fully saturated rings. The van der Waals surface area contributed by atoms with Gasteiger partial charge in [-0.2, -0.15) is 15.1 Å². The fraction of sp³-hybridized carbons (Fsp3) is 0.318. The molecule has 1 aromatic carbocycles. The summed E-state index contributed by atoms with van der Waals surface area (Å²) in [6.07, 6.45) is 0. The molecule has 4 aromatic rings. The van der Waals surface area contributed by atoms with Crippen LogP contribution in [0.2, 0.25) is 5.02 Å². The molecule has 166 valence electrons. The number of halogens is 1. The van der Waals surface area contributed by atoms with E-state index in [2.05, 4.69) is 42.3 Å². The maximum atomic E-state index is 6.64. The fourth-order valence-corrected chi connectivity index (χ4v) is 4.06. The van der Waals surface area contributed by atoms with Gasteiger partial charge in [-0.05, 0) is 39.1 Å². The van der Waals surface area contributed by atoms with E-state index in [9.17, 15) is 0 Å². The van der Waals surface area contributed by atoms with Crippen LogP contribution in [0, 0.1) is 13.8 Å². The van der Waals surface area contributed by atoms with Gasteiger partial charge in [0.2, 0.25) is 0 Å². The standard InChI is InChI=1S/C22H25ClN8O/c1-13-10-15-16(24-13)4-5-17(21(15)23)32-22-26-18(25-19-11-14(2)28-29-19)12-20(27-22)31-8-6-30(3)7-9-31/h4-5,10-12,24H,6-9H2,1-3H3,(H2,25,26,27,28,29). The summed E-state index contributed by atoms with van der Waals surface area (Å²) in [4.78, 5) is 17.1. The Morgan fingerprint density at radius 3 is 2.56 bits per heavy atom. The second-order valence-corrected chi connectivity index (χ2v) is 8.52. The van der Waals surface area contributed by atoms with E-state index in [1.165, 1.54) is 0 Å². The lowest BCUT2D eigenvalue weighted by Crippen LogP contribution is -2.44. The molecule has 5 rings (SSSR count). The van der Waals surface area contributed by atoms with Gasteiger partial charge in [-0.15, -0.1) is 0 Å². The number of nitrogens with one attached hydrogen (secondary N) is 3. The van der Waals surface area contributed by atoms with Gasteiger partial charge in [0.25, 0.3) is 0 Å². The van der Waals surface area contributed by atoms with Gasteiger partial charge < -0.3 is 24.8 Å². The summed E-state index contributed by atoms with van der Waals surface area (Å²) >= 11 is 6.64. The Hall–Kier alpha value is -3.30. The predicted octanol–water partition coefficient (Wildman–Crippen LogP) is 4.24. The summed E-state index contributed by atoms with van der Waals surface area (Å²) in [5.41, 5.74) is 2.95. The third kappa shape index (κ3) is 4.21. The maximum Gasteiger partial charge on any atom is 0.325 e. The van der Waals surface area contributed by atoms with E-state index in [1.54, 1.807) is 0 Å². The van der Waals surface area contributed by atoms with E-state index in [-0.39, 0.29) is 6.01 Å². The molecule has 0 bridgehead atoms. The van der Waals surface area contributed by atoms with E-state index < -0.39 is 0 Å². The summed E-state index contributed by atoms with van der Waals surface area (Å²) in [6.45, 7) is 7.64. The zero-order valence-electron chi connectivity index (χ0n) is 18.2. The average Bonchev–Trinajstić information content (AvgIpc) is 3.35. The van der Waals surface area contributed by atoms with Gasteiger partial charge in [-0.3, -0.25) is 5.10 Å². The molecule has 10 heteroatoms. The number of aryl methyl sites for hydroxylation is 2. The van der Waals surface area contributed by atoms with Gasteiger partial charge in [0, 0.05) is 60.6 Å². The molecule has 1 saturated heterocycles. The molecule has 0 atom stereocenters. The number of anilines is 3. The van der Waals surface area contributed by atoms with Crippen LogP contribution < -0.4 is 15.0 Å². The Morgan fingerprint density at radius 2 is 1.81 bits per heavy atom. The van der Waals surface area contributed by atoms with Crippen molar-refractivity contribution in [3.63, 3.8) is 0 Å². The highest BCUT2D eigenvalue weighted by molar-refractivity contribution is 6.37. The van der Waals surface area contributed by atoms with E-state index in [0.717, 1.165) is 54.3 Å². The Bertz CT molecular complexity index is 1260. The van der Waals surface area contributed by atoms with Crippen molar-refractivity contribution < 1.29 is 4.74 Å². The Labute approximate surface area is 190 Å². The van der Waals surface area contributed by atoms with Crippen LogP contribution in [-0.4, -0.2) is 63.3 Å². The lowest BCUT2D eigenvalue weighted by Gasteiger charge is -2.33. The van der Waals surface area contributed by atoms with Crippen LogP contribution in [0.5, 0.6) is 11.8 Å². The lowest BCUT2D eigenvalue weighted by atomic mass is 10.2. The van der Waals surface area contributed by atoms with Gasteiger partial charge in [0.15, 0.2) is 5.82 Å². The first-order valence-corrected chi connectivity index (χ1v) is 10.9. The molecule has 4 heterocycles. The number of ether oxygens (including phenoxy) is 1. The highest BCUT2D eigenvalue weighted by Crippen LogP contribution is 2.36. The first-order valence-electron chi connectivity index (χ1n) is 10.5. The van der Waals surface area contributed by atoms with Gasteiger partial charge >= 0.3 is 6.01 Å². The molecular weight excluding hydrogens is 428 g/mol. The summed E-state index contributed by atoms with van der Waals surface area (Å²) in [7, 11) is 2.12. The molecule has 1 aliphatic rings. The van der Waals surface area contributed by atoms with Crippen molar-refractivity contribution >= 4 is 40.0 Å². The number of piperazine rings is 1. The third-order valence-electron chi connectivity index (χ3n) is 5.52. The molecule has 0 amide bonds. The zero-order chi connectivity index (χ0) is 22.2. The largest absolute Gasteiger partial charge is 0.423 e. The molecule has 0 spiro atoms. The molecule has 3 aromatic heterocycles. The van der Waals surface area contributed by atoms with Crippen LogP contribution in [-0.2, 0) is 0 Å². The number of aromatic amines is 2. The molecular formula is C22H25ClN8O. The summed E-state index contributed by atoms with van der Waals surface area (Å²) in [5.74, 6) is 2.59. The minimum atomic E-state index is 0.227. The smallest absolute Gasteiger partial charge is 0.325 e. The highest BCUT2D eigenvalue weighted by atomic mass is 35.5. The monoisotopic (exact) mass is 452 g/mol. The number of H-pyrrole nitrogens is 2.